The predicted octanol–water partition coefficient (Wildman–Crippen LogP) is 1.59. The molecule has 128 valence electrons. The number of phenols is 1. The molecule has 1 heterocycles. The van der Waals surface area contributed by atoms with Crippen molar-refractivity contribution in [2.75, 3.05) is 6.61 Å². The lowest BCUT2D eigenvalue weighted by molar-refractivity contribution is -0.385. The zero-order chi connectivity index (χ0) is 17.8. The molecule has 2 N–H and O–H groups in total. The molecule has 0 unspecified atom stereocenters. The van der Waals surface area contributed by atoms with Gasteiger partial charge in [-0.3, -0.25) is 14.9 Å². The SMILES string of the molecule is O=C(N/N=C\c1cccc([N+](=O)[O-])c1O)[C@@H]1COc2ccccc2O1. The Morgan fingerprint density at radius 1 is 1.28 bits per heavy atom. The van der Waals surface area contributed by atoms with Gasteiger partial charge in [0.05, 0.1) is 11.1 Å². The van der Waals surface area contributed by atoms with Crippen LogP contribution >= 0.6 is 0 Å². The molecule has 0 saturated heterocycles. The fourth-order valence-electron chi connectivity index (χ4n) is 2.19. The number of fused-ring (bicyclic) bond motifs is 1. The standard InChI is InChI=1S/C16H13N3O6/c20-15-10(4-3-5-11(15)19(22)23)8-17-18-16(21)14-9-24-12-6-1-2-7-13(12)25-14/h1-8,14,20H,9H2,(H,18,21)/b17-8-/t14-/m0/s1. The minimum Gasteiger partial charge on any atom is -0.502 e. The number of nitro groups is 1. The van der Waals surface area contributed by atoms with Crippen LogP contribution in [0.2, 0.25) is 0 Å². The monoisotopic (exact) mass is 343 g/mol. The van der Waals surface area contributed by atoms with Gasteiger partial charge in [0.25, 0.3) is 5.91 Å². The first-order valence-electron chi connectivity index (χ1n) is 7.24. The molecule has 0 bridgehead atoms. The smallest absolute Gasteiger partial charge is 0.311 e. The Morgan fingerprint density at radius 3 is 2.80 bits per heavy atom. The van der Waals surface area contributed by atoms with E-state index in [1.165, 1.54) is 12.1 Å². The number of carbonyl (C=O) groups excluding carboxylic acids is 1. The second kappa shape index (κ2) is 6.87. The molecule has 1 amide bonds. The third kappa shape index (κ3) is 3.50. The molecule has 0 aliphatic carbocycles. The Morgan fingerprint density at radius 2 is 2.04 bits per heavy atom. The zero-order valence-corrected chi connectivity index (χ0v) is 12.8. The maximum absolute atomic E-state index is 12.1. The largest absolute Gasteiger partial charge is 0.502 e. The van der Waals surface area contributed by atoms with E-state index in [2.05, 4.69) is 10.5 Å². The van der Waals surface area contributed by atoms with Crippen molar-refractivity contribution in [2.24, 2.45) is 5.10 Å². The number of amides is 1. The molecule has 9 nitrogen and oxygen atoms in total. The van der Waals surface area contributed by atoms with Gasteiger partial charge >= 0.3 is 5.69 Å². The number of rotatable bonds is 4. The van der Waals surface area contributed by atoms with Crippen LogP contribution in [0.1, 0.15) is 5.56 Å². The molecular formula is C16H13N3O6. The van der Waals surface area contributed by atoms with Crippen molar-refractivity contribution in [2.45, 2.75) is 6.10 Å². The van der Waals surface area contributed by atoms with Crippen LogP contribution in [0.4, 0.5) is 5.69 Å². The number of benzene rings is 2. The summed E-state index contributed by atoms with van der Waals surface area (Å²) in [6, 6.07) is 10.9. The Balaban J connectivity index is 1.64. The van der Waals surface area contributed by atoms with E-state index >= 15 is 0 Å². The lowest BCUT2D eigenvalue weighted by Gasteiger charge is -2.24. The molecule has 0 radical (unpaired) electrons. The van der Waals surface area contributed by atoms with E-state index in [4.69, 9.17) is 9.47 Å². The molecule has 2 aromatic rings. The number of nitro benzene ring substituents is 1. The van der Waals surface area contributed by atoms with Crippen molar-refractivity contribution in [3.63, 3.8) is 0 Å². The molecule has 2 aromatic carbocycles. The molecule has 0 fully saturated rings. The van der Waals surface area contributed by atoms with Crippen LogP contribution in [-0.4, -0.2) is 34.9 Å². The second-order valence-electron chi connectivity index (χ2n) is 5.07. The normalized spacial score (nSPS) is 15.8. The lowest BCUT2D eigenvalue weighted by atomic mass is 10.2. The summed E-state index contributed by atoms with van der Waals surface area (Å²) in [5.41, 5.74) is 1.90. The number of hydrogen-bond donors (Lipinski definition) is 2. The summed E-state index contributed by atoms with van der Waals surface area (Å²) in [7, 11) is 0. The fourth-order valence-corrected chi connectivity index (χ4v) is 2.19. The second-order valence-corrected chi connectivity index (χ2v) is 5.07. The number of nitrogens with zero attached hydrogens (tertiary/aromatic N) is 2. The molecule has 3 rings (SSSR count). The highest BCUT2D eigenvalue weighted by atomic mass is 16.6. The minimum atomic E-state index is -0.884. The van der Waals surface area contributed by atoms with Gasteiger partial charge in [-0.25, -0.2) is 5.43 Å². The highest BCUT2D eigenvalue weighted by molar-refractivity contribution is 5.87. The highest BCUT2D eigenvalue weighted by Crippen LogP contribution is 2.31. The molecule has 0 aromatic heterocycles. The Hall–Kier alpha value is -3.62. The van der Waals surface area contributed by atoms with Gasteiger partial charge in [-0.1, -0.05) is 18.2 Å². The third-order valence-electron chi connectivity index (χ3n) is 3.42. The summed E-state index contributed by atoms with van der Waals surface area (Å²) in [6.45, 7) is 0.0282. The number of ether oxygens (including phenoxy) is 2. The highest BCUT2D eigenvalue weighted by Gasteiger charge is 2.27. The van der Waals surface area contributed by atoms with Crippen molar-refractivity contribution in [1.82, 2.24) is 5.43 Å². The van der Waals surface area contributed by atoms with Crippen molar-refractivity contribution in [1.29, 1.82) is 0 Å². The van der Waals surface area contributed by atoms with Crippen LogP contribution < -0.4 is 14.9 Å². The number of carbonyl (C=O) groups is 1. The molecule has 0 spiro atoms. The van der Waals surface area contributed by atoms with E-state index in [9.17, 15) is 20.0 Å². The number of nitrogens with one attached hydrogen (secondary N) is 1. The van der Waals surface area contributed by atoms with E-state index < -0.39 is 28.4 Å². The van der Waals surface area contributed by atoms with Gasteiger partial charge in [0.1, 0.15) is 6.61 Å². The molecule has 0 saturated carbocycles. The Labute approximate surface area is 141 Å². The predicted molar refractivity (Wildman–Crippen MR) is 86.9 cm³/mol. The van der Waals surface area contributed by atoms with Gasteiger partial charge in [0.2, 0.25) is 11.9 Å². The molecule has 1 aliphatic rings. The number of para-hydroxylation sites is 3. The van der Waals surface area contributed by atoms with Gasteiger partial charge in [-0.15, -0.1) is 0 Å². The zero-order valence-electron chi connectivity index (χ0n) is 12.8. The summed E-state index contributed by atoms with van der Waals surface area (Å²) in [6.07, 6.45) is 0.225. The van der Waals surface area contributed by atoms with E-state index in [-0.39, 0.29) is 12.2 Å². The van der Waals surface area contributed by atoms with E-state index in [1.54, 1.807) is 24.3 Å². The number of phenolic OH excluding ortho intramolecular Hbond substituents is 1. The summed E-state index contributed by atoms with van der Waals surface area (Å²) >= 11 is 0. The molecular weight excluding hydrogens is 330 g/mol. The van der Waals surface area contributed by atoms with Crippen molar-refractivity contribution >= 4 is 17.8 Å². The summed E-state index contributed by atoms with van der Waals surface area (Å²) in [5, 5.41) is 24.2. The van der Waals surface area contributed by atoms with Gasteiger partial charge in [0.15, 0.2) is 11.5 Å². The summed E-state index contributed by atoms with van der Waals surface area (Å²) < 4.78 is 11.0. The Bertz CT molecular complexity index is 852. The Kier molecular flexibility index (Phi) is 4.46. The molecule has 25 heavy (non-hydrogen) atoms. The van der Waals surface area contributed by atoms with Crippen LogP contribution in [0.15, 0.2) is 47.6 Å². The number of hydrogen-bond acceptors (Lipinski definition) is 7. The maximum Gasteiger partial charge on any atom is 0.311 e. The van der Waals surface area contributed by atoms with Crippen LogP contribution in [0, 0.1) is 10.1 Å². The van der Waals surface area contributed by atoms with Gasteiger partial charge in [-0.2, -0.15) is 5.10 Å². The van der Waals surface area contributed by atoms with Crippen LogP contribution in [-0.2, 0) is 4.79 Å². The maximum atomic E-state index is 12.1. The van der Waals surface area contributed by atoms with E-state index in [0.717, 1.165) is 12.3 Å². The van der Waals surface area contributed by atoms with Crippen molar-refractivity contribution < 1.29 is 24.3 Å². The molecule has 1 atom stereocenters. The van der Waals surface area contributed by atoms with E-state index in [0.29, 0.717) is 11.5 Å². The fraction of sp³-hybridized carbons (Fsp3) is 0.125. The summed E-state index contributed by atoms with van der Waals surface area (Å²) in [4.78, 5) is 22.1. The van der Waals surface area contributed by atoms with Crippen LogP contribution in [0.3, 0.4) is 0 Å². The van der Waals surface area contributed by atoms with Gasteiger partial charge < -0.3 is 14.6 Å². The van der Waals surface area contributed by atoms with Gasteiger partial charge in [-0.05, 0) is 18.2 Å². The van der Waals surface area contributed by atoms with Crippen LogP contribution in [0.5, 0.6) is 17.2 Å². The average Bonchev–Trinajstić information content (AvgIpc) is 2.62. The molecule has 1 aliphatic heterocycles. The average molecular weight is 343 g/mol. The van der Waals surface area contributed by atoms with Crippen molar-refractivity contribution in [3.05, 3.63) is 58.1 Å². The third-order valence-corrected chi connectivity index (χ3v) is 3.42. The van der Waals surface area contributed by atoms with Gasteiger partial charge in [0, 0.05) is 11.6 Å². The van der Waals surface area contributed by atoms with Crippen molar-refractivity contribution in [3.8, 4) is 17.2 Å². The van der Waals surface area contributed by atoms with E-state index in [1.807, 2.05) is 0 Å². The number of aromatic hydroxyl groups is 1. The minimum absolute atomic E-state index is 0.0282. The topological polar surface area (TPSA) is 123 Å². The van der Waals surface area contributed by atoms with Crippen LogP contribution in [0.25, 0.3) is 0 Å². The quantitative estimate of drug-likeness (QED) is 0.494. The first kappa shape index (κ1) is 16.2. The lowest BCUT2D eigenvalue weighted by Crippen LogP contribution is -2.42. The first-order chi connectivity index (χ1) is 12.1. The number of hydrazone groups is 1. The first-order valence-corrected chi connectivity index (χ1v) is 7.24. The summed E-state index contributed by atoms with van der Waals surface area (Å²) in [5.74, 6) is -0.0712. The molecule has 9 heteroatoms.